The number of anilines is 1. The van der Waals surface area contributed by atoms with Crippen molar-refractivity contribution in [3.63, 3.8) is 0 Å². The predicted octanol–water partition coefficient (Wildman–Crippen LogP) is 1.58. The van der Waals surface area contributed by atoms with Crippen LogP contribution in [0.4, 0.5) is 5.69 Å². The van der Waals surface area contributed by atoms with Crippen molar-refractivity contribution in [3.05, 3.63) is 70.8 Å². The number of carbonyl (C=O) groups excluding carboxylic acids is 1. The highest BCUT2D eigenvalue weighted by atomic mass is 16.5. The average Bonchev–Trinajstić information content (AvgIpc) is 3.40. The zero-order valence-corrected chi connectivity index (χ0v) is 16.2. The molecule has 1 amide bonds. The van der Waals surface area contributed by atoms with Gasteiger partial charge in [-0.1, -0.05) is 29.5 Å². The lowest BCUT2D eigenvalue weighted by molar-refractivity contribution is -0.119. The van der Waals surface area contributed by atoms with Crippen molar-refractivity contribution in [1.82, 2.24) is 24.5 Å². The van der Waals surface area contributed by atoms with Gasteiger partial charge in [-0.15, -0.1) is 5.10 Å². The Hall–Kier alpha value is -4.01. The summed E-state index contributed by atoms with van der Waals surface area (Å²) in [4.78, 5) is 31.8. The molecule has 0 bridgehead atoms. The van der Waals surface area contributed by atoms with E-state index in [9.17, 15) is 9.59 Å². The topological polar surface area (TPSA) is 95.1 Å². The fourth-order valence-electron chi connectivity index (χ4n) is 3.70. The van der Waals surface area contributed by atoms with Crippen molar-refractivity contribution < 1.29 is 9.53 Å². The van der Waals surface area contributed by atoms with E-state index < -0.39 is 5.56 Å². The number of para-hydroxylation sites is 1. The zero-order chi connectivity index (χ0) is 20.7. The summed E-state index contributed by atoms with van der Waals surface area (Å²) in [5.41, 5.74) is 2.72. The summed E-state index contributed by atoms with van der Waals surface area (Å²) in [5, 5.41) is 8.07. The van der Waals surface area contributed by atoms with Gasteiger partial charge in [-0.05, 0) is 30.2 Å². The number of benzene rings is 2. The van der Waals surface area contributed by atoms with Crippen molar-refractivity contribution in [2.24, 2.45) is 0 Å². The van der Waals surface area contributed by atoms with E-state index in [2.05, 4.69) is 15.3 Å². The summed E-state index contributed by atoms with van der Waals surface area (Å²) in [6.45, 7) is 0.497. The van der Waals surface area contributed by atoms with Crippen LogP contribution in [0.25, 0.3) is 16.9 Å². The molecule has 0 saturated heterocycles. The summed E-state index contributed by atoms with van der Waals surface area (Å²) in [7, 11) is 1.57. The molecule has 0 aliphatic carbocycles. The molecule has 9 heteroatoms. The van der Waals surface area contributed by atoms with Gasteiger partial charge in [0.05, 0.1) is 12.8 Å². The van der Waals surface area contributed by atoms with Crippen molar-refractivity contribution in [2.75, 3.05) is 18.6 Å². The van der Waals surface area contributed by atoms with E-state index in [1.165, 1.54) is 15.6 Å². The number of ether oxygens (including phenoxy) is 1. The van der Waals surface area contributed by atoms with Gasteiger partial charge >= 0.3 is 0 Å². The Bertz CT molecular complexity index is 1330. The summed E-state index contributed by atoms with van der Waals surface area (Å²) in [5.74, 6) is 0.490. The van der Waals surface area contributed by atoms with Gasteiger partial charge in [0.25, 0.3) is 5.56 Å². The molecule has 0 fully saturated rings. The molecule has 0 unspecified atom stereocenters. The van der Waals surface area contributed by atoms with Gasteiger partial charge in [0.15, 0.2) is 11.2 Å². The molecular formula is C21H18N6O3. The second-order valence-electron chi connectivity index (χ2n) is 6.98. The van der Waals surface area contributed by atoms with Crippen LogP contribution in [-0.2, 0) is 17.8 Å². The molecule has 0 N–H and O–H groups in total. The molecule has 1 aliphatic heterocycles. The molecule has 0 spiro atoms. The van der Waals surface area contributed by atoms with Crippen LogP contribution in [0, 0.1) is 0 Å². The maximum Gasteiger partial charge on any atom is 0.284 e. The van der Waals surface area contributed by atoms with Crippen LogP contribution >= 0.6 is 0 Å². The first-order chi connectivity index (χ1) is 14.7. The summed E-state index contributed by atoms with van der Waals surface area (Å²) in [6.07, 6.45) is 2.17. The molecule has 150 valence electrons. The Morgan fingerprint density at radius 3 is 2.90 bits per heavy atom. The molecule has 30 heavy (non-hydrogen) atoms. The normalized spacial score (nSPS) is 12.9. The van der Waals surface area contributed by atoms with E-state index in [0.717, 1.165) is 17.7 Å². The van der Waals surface area contributed by atoms with Crippen LogP contribution in [0.5, 0.6) is 5.75 Å². The van der Waals surface area contributed by atoms with Gasteiger partial charge in [-0.2, -0.15) is 4.68 Å². The molecule has 9 nitrogen and oxygen atoms in total. The van der Waals surface area contributed by atoms with Crippen LogP contribution in [0.15, 0.2) is 59.7 Å². The highest BCUT2D eigenvalue weighted by Crippen LogP contribution is 2.27. The van der Waals surface area contributed by atoms with E-state index in [-0.39, 0.29) is 18.0 Å². The predicted molar refractivity (Wildman–Crippen MR) is 110 cm³/mol. The molecule has 3 heterocycles. The van der Waals surface area contributed by atoms with E-state index in [1.54, 1.807) is 18.1 Å². The third-order valence-electron chi connectivity index (χ3n) is 5.22. The van der Waals surface area contributed by atoms with Crippen LogP contribution < -0.4 is 15.2 Å². The highest BCUT2D eigenvalue weighted by molar-refractivity contribution is 5.95. The molecule has 0 atom stereocenters. The Labute approximate surface area is 171 Å². The summed E-state index contributed by atoms with van der Waals surface area (Å²) in [6, 6.07) is 15.0. The van der Waals surface area contributed by atoms with Crippen molar-refractivity contribution in [2.45, 2.75) is 13.0 Å². The quantitative estimate of drug-likeness (QED) is 0.514. The van der Waals surface area contributed by atoms with Crippen LogP contribution in [0.1, 0.15) is 5.56 Å². The molecule has 0 radical (unpaired) electrons. The van der Waals surface area contributed by atoms with E-state index in [0.29, 0.717) is 23.6 Å². The fourth-order valence-corrected chi connectivity index (χ4v) is 3.70. The van der Waals surface area contributed by atoms with Crippen LogP contribution in [0.2, 0.25) is 0 Å². The van der Waals surface area contributed by atoms with Crippen molar-refractivity contribution in [3.8, 4) is 11.4 Å². The van der Waals surface area contributed by atoms with Gasteiger partial charge < -0.3 is 9.64 Å². The molecule has 4 aromatic rings. The number of amides is 1. The minimum absolute atomic E-state index is 0.106. The number of fused-ring (bicyclic) bond motifs is 2. The first-order valence-electron chi connectivity index (χ1n) is 9.49. The number of methoxy groups -OCH3 is 1. The molecule has 5 rings (SSSR count). The standard InChI is InChI=1S/C21H18N6O3/c1-30-16-7-4-6-15(11-16)27-20-19(23-24-27)21(29)25(13-22-20)12-18(28)26-10-9-14-5-2-3-8-17(14)26/h2-8,11,13H,9-10,12H2,1H3. The summed E-state index contributed by atoms with van der Waals surface area (Å²) < 4.78 is 7.98. The lowest BCUT2D eigenvalue weighted by atomic mass is 10.2. The molecular weight excluding hydrogens is 384 g/mol. The van der Waals surface area contributed by atoms with Crippen molar-refractivity contribution >= 4 is 22.8 Å². The third kappa shape index (κ3) is 2.91. The maximum atomic E-state index is 12.9. The number of rotatable bonds is 4. The number of carbonyl (C=O) groups is 1. The second kappa shape index (κ2) is 7.11. The minimum Gasteiger partial charge on any atom is -0.497 e. The molecule has 2 aromatic carbocycles. The highest BCUT2D eigenvalue weighted by Gasteiger charge is 2.25. The SMILES string of the molecule is COc1cccc(-n2nnc3c(=O)n(CC(=O)N4CCc5ccccc54)cnc32)c1. The summed E-state index contributed by atoms with van der Waals surface area (Å²) >= 11 is 0. The number of nitrogens with zero attached hydrogens (tertiary/aromatic N) is 6. The van der Waals surface area contributed by atoms with E-state index in [1.807, 2.05) is 42.5 Å². The molecule has 2 aromatic heterocycles. The van der Waals surface area contributed by atoms with Crippen LogP contribution in [0.3, 0.4) is 0 Å². The number of aromatic nitrogens is 5. The Morgan fingerprint density at radius 1 is 1.17 bits per heavy atom. The van der Waals surface area contributed by atoms with Gasteiger partial charge in [-0.25, -0.2) is 4.98 Å². The smallest absolute Gasteiger partial charge is 0.284 e. The van der Waals surface area contributed by atoms with Crippen LogP contribution in [-0.4, -0.2) is 44.1 Å². The lowest BCUT2D eigenvalue weighted by Crippen LogP contribution is -2.35. The molecule has 0 saturated carbocycles. The largest absolute Gasteiger partial charge is 0.497 e. The fraction of sp³-hybridized carbons (Fsp3) is 0.190. The van der Waals surface area contributed by atoms with Gasteiger partial charge in [0.1, 0.15) is 18.6 Å². The lowest BCUT2D eigenvalue weighted by Gasteiger charge is -2.17. The first-order valence-corrected chi connectivity index (χ1v) is 9.49. The van der Waals surface area contributed by atoms with Gasteiger partial charge in [0.2, 0.25) is 5.91 Å². The Morgan fingerprint density at radius 2 is 2.03 bits per heavy atom. The van der Waals surface area contributed by atoms with Gasteiger partial charge in [-0.3, -0.25) is 14.2 Å². The Balaban J connectivity index is 1.46. The van der Waals surface area contributed by atoms with E-state index >= 15 is 0 Å². The third-order valence-corrected chi connectivity index (χ3v) is 5.22. The maximum absolute atomic E-state index is 12.9. The Kier molecular flexibility index (Phi) is 4.27. The van der Waals surface area contributed by atoms with E-state index in [4.69, 9.17) is 4.74 Å². The number of hydrogen-bond acceptors (Lipinski definition) is 6. The zero-order valence-electron chi connectivity index (χ0n) is 16.2. The number of hydrogen-bond donors (Lipinski definition) is 0. The first kappa shape index (κ1) is 18.0. The second-order valence-corrected chi connectivity index (χ2v) is 6.98. The minimum atomic E-state index is -0.407. The molecule has 1 aliphatic rings. The average molecular weight is 402 g/mol. The monoisotopic (exact) mass is 402 g/mol. The van der Waals surface area contributed by atoms with Crippen molar-refractivity contribution in [1.29, 1.82) is 0 Å². The van der Waals surface area contributed by atoms with Gasteiger partial charge in [0, 0.05) is 18.3 Å².